The first kappa shape index (κ1) is 8.96. The summed E-state index contributed by atoms with van der Waals surface area (Å²) in [6, 6.07) is 2.98. The number of fused-ring (bicyclic) bond motifs is 1. The molecular weight excluding hydrogens is 206 g/mol. The number of pyridine rings is 1. The average molecular weight is 212 g/mol. The second-order valence-electron chi connectivity index (χ2n) is 2.78. The Morgan fingerprint density at radius 1 is 1.50 bits per heavy atom. The summed E-state index contributed by atoms with van der Waals surface area (Å²) in [5, 5.41) is 9.00. The Bertz CT molecular complexity index is 521. The molecule has 0 atom stereocenters. The van der Waals surface area contributed by atoms with Crippen molar-refractivity contribution in [3.63, 3.8) is 0 Å². The van der Waals surface area contributed by atoms with Crippen molar-refractivity contribution < 1.29 is 9.90 Å². The highest BCUT2D eigenvalue weighted by molar-refractivity contribution is 6.29. The maximum absolute atomic E-state index is 10.6. The first-order valence-corrected chi connectivity index (χ1v) is 4.19. The molecule has 2 rings (SSSR count). The summed E-state index contributed by atoms with van der Waals surface area (Å²) in [4.78, 5) is 18.5. The van der Waals surface area contributed by atoms with Gasteiger partial charge in [0.1, 0.15) is 5.52 Å². The van der Waals surface area contributed by atoms with Gasteiger partial charge in [-0.25, -0.2) is 14.8 Å². The Balaban J connectivity index is 2.76. The minimum Gasteiger partial charge on any atom is -0.477 e. The lowest BCUT2D eigenvalue weighted by Crippen LogP contribution is -2.01. The molecule has 5 nitrogen and oxygen atoms in total. The van der Waals surface area contributed by atoms with Crippen LogP contribution in [0.5, 0.6) is 0 Å². The number of carbonyl (C=O) groups is 1. The molecule has 2 heterocycles. The third-order valence-corrected chi connectivity index (χ3v) is 2.22. The van der Waals surface area contributed by atoms with Crippen molar-refractivity contribution in [2.24, 2.45) is 7.05 Å². The topological polar surface area (TPSA) is 68.0 Å². The molecular formula is C8H6ClN3O2. The van der Waals surface area contributed by atoms with Crippen LogP contribution in [0, 0.1) is 0 Å². The van der Waals surface area contributed by atoms with Crippen LogP contribution in [0.1, 0.15) is 10.5 Å². The van der Waals surface area contributed by atoms with E-state index in [1.54, 1.807) is 13.1 Å². The first-order valence-electron chi connectivity index (χ1n) is 3.82. The van der Waals surface area contributed by atoms with E-state index in [1.807, 2.05) is 0 Å². The van der Waals surface area contributed by atoms with Crippen molar-refractivity contribution in [2.75, 3.05) is 0 Å². The first-order chi connectivity index (χ1) is 6.59. The van der Waals surface area contributed by atoms with Gasteiger partial charge in [-0.15, -0.1) is 0 Å². The maximum Gasteiger partial charge on any atom is 0.354 e. The minimum atomic E-state index is -1.07. The quantitative estimate of drug-likeness (QED) is 0.773. The van der Waals surface area contributed by atoms with Gasteiger partial charge in [0, 0.05) is 7.05 Å². The largest absolute Gasteiger partial charge is 0.477 e. The van der Waals surface area contributed by atoms with Crippen LogP contribution in [-0.2, 0) is 7.05 Å². The number of imidazole rings is 1. The number of aryl methyl sites for hydroxylation is 1. The molecule has 0 saturated carbocycles. The second-order valence-corrected chi connectivity index (χ2v) is 3.12. The Morgan fingerprint density at radius 3 is 2.86 bits per heavy atom. The van der Waals surface area contributed by atoms with Crippen LogP contribution in [0.2, 0.25) is 5.28 Å². The zero-order chi connectivity index (χ0) is 10.3. The third kappa shape index (κ3) is 1.22. The highest BCUT2D eigenvalue weighted by atomic mass is 35.5. The number of nitrogens with zero attached hydrogens (tertiary/aromatic N) is 3. The number of hydrogen-bond acceptors (Lipinski definition) is 3. The lowest BCUT2D eigenvalue weighted by Gasteiger charge is -1.95. The number of carboxylic acids is 1. The summed E-state index contributed by atoms with van der Waals surface area (Å²) in [5.74, 6) is -1.07. The zero-order valence-electron chi connectivity index (χ0n) is 7.23. The predicted molar refractivity (Wildman–Crippen MR) is 50.5 cm³/mol. The Labute approximate surface area is 84.0 Å². The number of halogens is 1. The van der Waals surface area contributed by atoms with Gasteiger partial charge in [0.15, 0.2) is 11.3 Å². The van der Waals surface area contributed by atoms with Crippen LogP contribution in [0.4, 0.5) is 0 Å². The summed E-state index contributed by atoms with van der Waals surface area (Å²) in [7, 11) is 1.68. The molecule has 2 aromatic heterocycles. The number of aromatic carboxylic acids is 1. The molecule has 0 aliphatic rings. The van der Waals surface area contributed by atoms with Crippen molar-refractivity contribution in [1.82, 2.24) is 14.5 Å². The fourth-order valence-electron chi connectivity index (χ4n) is 1.16. The molecule has 0 saturated heterocycles. The molecule has 6 heteroatoms. The van der Waals surface area contributed by atoms with Crippen LogP contribution in [0.25, 0.3) is 11.2 Å². The highest BCUT2D eigenvalue weighted by Crippen LogP contribution is 2.16. The lowest BCUT2D eigenvalue weighted by molar-refractivity contribution is 0.0691. The molecule has 0 aromatic carbocycles. The molecule has 1 N–H and O–H groups in total. The second kappa shape index (κ2) is 2.95. The fourth-order valence-corrected chi connectivity index (χ4v) is 1.33. The van der Waals surface area contributed by atoms with Crippen molar-refractivity contribution >= 4 is 28.7 Å². The van der Waals surface area contributed by atoms with Crippen molar-refractivity contribution in [3.05, 3.63) is 23.1 Å². The fraction of sp³-hybridized carbons (Fsp3) is 0.125. The van der Waals surface area contributed by atoms with Gasteiger partial charge in [0.05, 0.1) is 0 Å². The van der Waals surface area contributed by atoms with Gasteiger partial charge < -0.3 is 9.67 Å². The van der Waals surface area contributed by atoms with Gasteiger partial charge in [0.25, 0.3) is 0 Å². The van der Waals surface area contributed by atoms with E-state index in [2.05, 4.69) is 9.97 Å². The minimum absolute atomic E-state index is 0.0165. The third-order valence-electron chi connectivity index (χ3n) is 1.88. The van der Waals surface area contributed by atoms with Gasteiger partial charge in [-0.05, 0) is 23.7 Å². The summed E-state index contributed by atoms with van der Waals surface area (Å²) in [6.07, 6.45) is 0. The zero-order valence-corrected chi connectivity index (χ0v) is 7.99. The van der Waals surface area contributed by atoms with Crippen LogP contribution < -0.4 is 0 Å². The molecule has 0 unspecified atom stereocenters. The summed E-state index contributed by atoms with van der Waals surface area (Å²) in [5.41, 5.74) is 1.04. The Morgan fingerprint density at radius 2 is 2.21 bits per heavy atom. The summed E-state index contributed by atoms with van der Waals surface area (Å²) >= 11 is 5.75. The van der Waals surface area contributed by atoms with Gasteiger partial charge in [-0.3, -0.25) is 0 Å². The molecule has 0 aliphatic heterocycles. The van der Waals surface area contributed by atoms with Crippen LogP contribution in [0.3, 0.4) is 0 Å². The molecule has 14 heavy (non-hydrogen) atoms. The highest BCUT2D eigenvalue weighted by Gasteiger charge is 2.10. The van der Waals surface area contributed by atoms with E-state index in [1.165, 1.54) is 10.6 Å². The average Bonchev–Trinajstić information content (AvgIpc) is 2.43. The summed E-state index contributed by atoms with van der Waals surface area (Å²) < 4.78 is 1.53. The molecule has 0 spiro atoms. The predicted octanol–water partition coefficient (Wildman–Crippen LogP) is 1.32. The number of aromatic nitrogens is 3. The number of carboxylic acid groups (broad SMARTS) is 1. The smallest absolute Gasteiger partial charge is 0.354 e. The van der Waals surface area contributed by atoms with Gasteiger partial charge >= 0.3 is 5.97 Å². The summed E-state index contributed by atoms with van der Waals surface area (Å²) in [6.45, 7) is 0. The van der Waals surface area contributed by atoms with E-state index < -0.39 is 5.97 Å². The van der Waals surface area contributed by atoms with E-state index in [9.17, 15) is 4.79 Å². The maximum atomic E-state index is 10.6. The van der Waals surface area contributed by atoms with Gasteiger partial charge in [0.2, 0.25) is 5.28 Å². The van der Waals surface area contributed by atoms with Gasteiger partial charge in [-0.1, -0.05) is 0 Å². The molecule has 0 radical (unpaired) electrons. The number of hydrogen-bond donors (Lipinski definition) is 1. The van der Waals surface area contributed by atoms with E-state index in [4.69, 9.17) is 16.7 Å². The Hall–Kier alpha value is -1.62. The molecule has 2 aromatic rings. The van der Waals surface area contributed by atoms with E-state index >= 15 is 0 Å². The van der Waals surface area contributed by atoms with Crippen LogP contribution >= 0.6 is 11.6 Å². The van der Waals surface area contributed by atoms with Crippen molar-refractivity contribution in [2.45, 2.75) is 0 Å². The van der Waals surface area contributed by atoms with Crippen LogP contribution in [-0.4, -0.2) is 25.6 Å². The molecule has 0 aliphatic carbocycles. The van der Waals surface area contributed by atoms with Crippen LogP contribution in [0.15, 0.2) is 12.1 Å². The lowest BCUT2D eigenvalue weighted by atomic mass is 10.3. The van der Waals surface area contributed by atoms with Crippen molar-refractivity contribution in [3.8, 4) is 0 Å². The monoisotopic (exact) mass is 211 g/mol. The molecule has 0 fully saturated rings. The van der Waals surface area contributed by atoms with E-state index in [-0.39, 0.29) is 11.0 Å². The molecule has 0 bridgehead atoms. The SMILES string of the molecule is Cn1c(Cl)nc2ccc(C(=O)O)nc21. The standard InChI is InChI=1S/C8H6ClN3O2/c1-12-6-4(11-8(12)9)2-3-5(10-6)7(13)14/h2-3H,1H3,(H,13,14). The molecule has 0 amide bonds. The van der Waals surface area contributed by atoms with Crippen molar-refractivity contribution in [1.29, 1.82) is 0 Å². The van der Waals surface area contributed by atoms with Gasteiger partial charge in [-0.2, -0.15) is 0 Å². The Kier molecular flexibility index (Phi) is 1.89. The van der Waals surface area contributed by atoms with E-state index in [0.29, 0.717) is 11.2 Å². The molecule has 72 valence electrons. The normalized spacial score (nSPS) is 10.7. The van der Waals surface area contributed by atoms with E-state index in [0.717, 1.165) is 0 Å². The number of rotatable bonds is 1.